The van der Waals surface area contributed by atoms with Gasteiger partial charge in [0, 0.05) is 33.5 Å². The fourth-order valence-electron chi connectivity index (χ4n) is 8.34. The highest BCUT2D eigenvalue weighted by Gasteiger charge is 2.24. The summed E-state index contributed by atoms with van der Waals surface area (Å²) in [5.74, 6) is 0. The van der Waals surface area contributed by atoms with Gasteiger partial charge in [-0.05, 0) is 140 Å². The summed E-state index contributed by atoms with van der Waals surface area (Å²) in [5.41, 5.74) is 14.8. The van der Waals surface area contributed by atoms with Gasteiger partial charge in [-0.25, -0.2) is 0 Å². The molecule has 0 aliphatic heterocycles. The first-order valence-electron chi connectivity index (χ1n) is 17.9. The first-order valence-corrected chi connectivity index (χ1v) is 17.9. The Morgan fingerprint density at radius 1 is 0.308 bits per heavy atom. The molecular formula is C50H32N2. The van der Waals surface area contributed by atoms with Crippen LogP contribution in [-0.2, 0) is 0 Å². The van der Waals surface area contributed by atoms with Gasteiger partial charge in [0.25, 0.3) is 0 Å². The first-order chi connectivity index (χ1) is 25.8. The lowest BCUT2D eigenvalue weighted by atomic mass is 9.78. The second-order valence-corrected chi connectivity index (χ2v) is 13.8. The Labute approximate surface area is 302 Å². The summed E-state index contributed by atoms with van der Waals surface area (Å²) in [6, 6.07) is 70.9. The molecule has 0 fully saturated rings. The van der Waals surface area contributed by atoms with Crippen LogP contribution in [0.2, 0.25) is 0 Å². The van der Waals surface area contributed by atoms with Gasteiger partial charge < -0.3 is 9.47 Å². The van der Waals surface area contributed by atoms with Crippen LogP contribution in [0.3, 0.4) is 0 Å². The maximum absolute atomic E-state index is 2.40. The standard InChI is InChI=1S/C50H32N2/c1-3-11-33(12-4-1)34-19-23-40(24-20-34)51(39-13-5-2-6-14-39)41-25-21-35-29-45-47(31-37(35)27-41)46-30-36-22-26-42(28-38(36)32-48(45)46)52-49-17-9-7-15-43(49)44-16-8-10-18-50(44)52/h1-32H. The molecule has 2 heteroatoms. The van der Waals surface area contributed by atoms with Gasteiger partial charge in [0.2, 0.25) is 0 Å². The predicted molar refractivity (Wildman–Crippen MR) is 220 cm³/mol. The van der Waals surface area contributed by atoms with Crippen molar-refractivity contribution in [2.45, 2.75) is 0 Å². The van der Waals surface area contributed by atoms with E-state index in [1.165, 1.54) is 82.4 Å². The van der Waals surface area contributed by atoms with Gasteiger partial charge in [0.15, 0.2) is 0 Å². The van der Waals surface area contributed by atoms with Gasteiger partial charge in [0.1, 0.15) is 0 Å². The van der Waals surface area contributed by atoms with Crippen LogP contribution >= 0.6 is 0 Å². The SMILES string of the molecule is c1ccc(-c2ccc(N(c3ccccc3)c3ccc4cc5c(cc4c3)-c3cc4ccc(-n6c7ccccc7c7ccccc76)cc4cc3-5)cc2)cc1. The highest BCUT2D eigenvalue weighted by molar-refractivity contribution is 6.13. The van der Waals surface area contributed by atoms with Crippen molar-refractivity contribution in [3.8, 4) is 39.1 Å². The van der Waals surface area contributed by atoms with Crippen LogP contribution in [0, 0.1) is 0 Å². The minimum atomic E-state index is 1.13. The Kier molecular flexibility index (Phi) is 6.28. The van der Waals surface area contributed by atoms with Gasteiger partial charge in [-0.2, -0.15) is 0 Å². The van der Waals surface area contributed by atoms with E-state index in [0.29, 0.717) is 0 Å². The lowest BCUT2D eigenvalue weighted by molar-refractivity contribution is 1.19. The highest BCUT2D eigenvalue weighted by atomic mass is 15.1. The molecule has 0 saturated heterocycles. The molecule has 0 N–H and O–H groups in total. The number of benzene rings is 9. The van der Waals surface area contributed by atoms with Crippen LogP contribution in [-0.4, -0.2) is 4.57 Å². The number of fused-ring (bicyclic) bond motifs is 9. The summed E-state index contributed by atoms with van der Waals surface area (Å²) in [6.45, 7) is 0. The lowest BCUT2D eigenvalue weighted by Gasteiger charge is -2.28. The van der Waals surface area contributed by atoms with Crippen molar-refractivity contribution in [3.05, 3.63) is 194 Å². The van der Waals surface area contributed by atoms with Crippen molar-refractivity contribution in [2.24, 2.45) is 0 Å². The zero-order valence-electron chi connectivity index (χ0n) is 28.4. The topological polar surface area (TPSA) is 8.17 Å². The van der Waals surface area contributed by atoms with Crippen LogP contribution in [0.5, 0.6) is 0 Å². The van der Waals surface area contributed by atoms with E-state index in [4.69, 9.17) is 0 Å². The summed E-state index contributed by atoms with van der Waals surface area (Å²) in [7, 11) is 0. The van der Waals surface area contributed by atoms with Crippen LogP contribution in [0.25, 0.3) is 82.4 Å². The van der Waals surface area contributed by atoms with Crippen molar-refractivity contribution in [2.75, 3.05) is 4.90 Å². The quantitative estimate of drug-likeness (QED) is 0.178. The van der Waals surface area contributed by atoms with Crippen molar-refractivity contribution in [3.63, 3.8) is 0 Å². The fraction of sp³-hybridized carbons (Fsp3) is 0. The van der Waals surface area contributed by atoms with Crippen LogP contribution in [0.15, 0.2) is 194 Å². The summed E-state index contributed by atoms with van der Waals surface area (Å²) in [5, 5.41) is 7.58. The number of aromatic nitrogens is 1. The Hall–Kier alpha value is -6.90. The molecule has 52 heavy (non-hydrogen) atoms. The van der Waals surface area contributed by atoms with Crippen molar-refractivity contribution in [1.29, 1.82) is 0 Å². The number of hydrogen-bond donors (Lipinski definition) is 0. The van der Waals surface area contributed by atoms with E-state index in [-0.39, 0.29) is 0 Å². The minimum Gasteiger partial charge on any atom is -0.310 e. The molecule has 242 valence electrons. The van der Waals surface area contributed by atoms with Crippen LogP contribution in [0.1, 0.15) is 0 Å². The van der Waals surface area contributed by atoms with Crippen molar-refractivity contribution < 1.29 is 0 Å². The normalized spacial score (nSPS) is 11.8. The van der Waals surface area contributed by atoms with Crippen molar-refractivity contribution >= 4 is 60.4 Å². The molecule has 1 aromatic heterocycles. The maximum Gasteiger partial charge on any atom is 0.0541 e. The summed E-state index contributed by atoms with van der Waals surface area (Å²) < 4.78 is 2.40. The third kappa shape index (κ3) is 4.44. The Morgan fingerprint density at radius 2 is 0.769 bits per heavy atom. The van der Waals surface area contributed by atoms with E-state index >= 15 is 0 Å². The molecule has 9 aromatic carbocycles. The largest absolute Gasteiger partial charge is 0.310 e. The molecular weight excluding hydrogens is 629 g/mol. The molecule has 2 nitrogen and oxygen atoms in total. The number of nitrogens with zero attached hydrogens (tertiary/aromatic N) is 2. The van der Waals surface area contributed by atoms with Gasteiger partial charge in [-0.15, -0.1) is 0 Å². The maximum atomic E-state index is 2.40. The summed E-state index contributed by atoms with van der Waals surface area (Å²) in [6.07, 6.45) is 0. The summed E-state index contributed by atoms with van der Waals surface area (Å²) in [4.78, 5) is 2.35. The van der Waals surface area contributed by atoms with E-state index in [2.05, 4.69) is 204 Å². The van der Waals surface area contributed by atoms with E-state index in [1.54, 1.807) is 0 Å². The highest BCUT2D eigenvalue weighted by Crippen LogP contribution is 2.51. The monoisotopic (exact) mass is 660 g/mol. The zero-order valence-corrected chi connectivity index (χ0v) is 28.4. The van der Waals surface area contributed by atoms with E-state index < -0.39 is 0 Å². The third-order valence-corrected chi connectivity index (χ3v) is 10.8. The Bertz CT molecular complexity index is 2940. The number of para-hydroxylation sites is 3. The van der Waals surface area contributed by atoms with Crippen LogP contribution < -0.4 is 4.90 Å². The molecule has 0 spiro atoms. The zero-order chi connectivity index (χ0) is 34.2. The van der Waals surface area contributed by atoms with E-state index in [1.807, 2.05) is 0 Å². The minimum absolute atomic E-state index is 1.13. The lowest BCUT2D eigenvalue weighted by Crippen LogP contribution is -2.09. The molecule has 0 unspecified atom stereocenters. The molecule has 1 heterocycles. The molecule has 0 amide bonds. The average molecular weight is 661 g/mol. The second-order valence-electron chi connectivity index (χ2n) is 13.8. The Morgan fingerprint density at radius 3 is 1.40 bits per heavy atom. The molecule has 11 rings (SSSR count). The third-order valence-electron chi connectivity index (χ3n) is 10.8. The molecule has 0 radical (unpaired) electrons. The first kappa shape index (κ1) is 28.9. The van der Waals surface area contributed by atoms with Gasteiger partial charge in [0.05, 0.1) is 11.0 Å². The summed E-state index contributed by atoms with van der Waals surface area (Å²) >= 11 is 0. The van der Waals surface area contributed by atoms with Gasteiger partial charge in [-0.3, -0.25) is 0 Å². The van der Waals surface area contributed by atoms with Crippen LogP contribution in [0.4, 0.5) is 17.1 Å². The van der Waals surface area contributed by atoms with Gasteiger partial charge in [-0.1, -0.05) is 109 Å². The van der Waals surface area contributed by atoms with Gasteiger partial charge >= 0.3 is 0 Å². The van der Waals surface area contributed by atoms with E-state index in [0.717, 1.165) is 17.1 Å². The molecule has 10 aromatic rings. The molecule has 0 atom stereocenters. The second kappa shape index (κ2) is 11.3. The fourth-order valence-corrected chi connectivity index (χ4v) is 8.34. The molecule has 1 aliphatic carbocycles. The molecule has 0 bridgehead atoms. The molecule has 1 aliphatic rings. The smallest absolute Gasteiger partial charge is 0.0541 e. The average Bonchev–Trinajstić information content (AvgIpc) is 3.55. The number of hydrogen-bond acceptors (Lipinski definition) is 1. The molecule has 0 saturated carbocycles. The number of rotatable bonds is 5. The predicted octanol–water partition coefficient (Wildman–Crippen LogP) is 13.9. The van der Waals surface area contributed by atoms with E-state index in [9.17, 15) is 0 Å². The van der Waals surface area contributed by atoms with Crippen molar-refractivity contribution in [1.82, 2.24) is 4.57 Å². The Balaban J connectivity index is 0.982. The number of anilines is 3.